The molecule has 2 aromatic carbocycles. The molecule has 0 saturated heterocycles. The second kappa shape index (κ2) is 6.23. The molecule has 0 aliphatic rings. The topological polar surface area (TPSA) is 122 Å². The zero-order chi connectivity index (χ0) is 16.1. The highest BCUT2D eigenvalue weighted by molar-refractivity contribution is 6.12. The van der Waals surface area contributed by atoms with Gasteiger partial charge in [-0.2, -0.15) is 5.26 Å². The van der Waals surface area contributed by atoms with Crippen molar-refractivity contribution in [1.29, 1.82) is 5.26 Å². The second-order valence-corrected chi connectivity index (χ2v) is 4.15. The van der Waals surface area contributed by atoms with Crippen molar-refractivity contribution in [3.63, 3.8) is 0 Å². The van der Waals surface area contributed by atoms with Crippen LogP contribution in [-0.4, -0.2) is 15.6 Å². The van der Waals surface area contributed by atoms with Gasteiger partial charge in [-0.05, 0) is 18.2 Å². The molecule has 0 N–H and O–H groups in total. The average Bonchev–Trinajstić information content (AvgIpc) is 2.53. The van der Waals surface area contributed by atoms with Crippen LogP contribution in [0.3, 0.4) is 0 Å². The van der Waals surface area contributed by atoms with E-state index in [0.29, 0.717) is 5.56 Å². The van der Waals surface area contributed by atoms with Crippen molar-refractivity contribution in [2.24, 2.45) is 4.99 Å². The van der Waals surface area contributed by atoms with Crippen LogP contribution in [0.1, 0.15) is 5.56 Å². The Morgan fingerprint density at radius 2 is 1.64 bits per heavy atom. The van der Waals surface area contributed by atoms with Gasteiger partial charge in [-0.25, -0.2) is 4.99 Å². The molecular formula is C14H8N4O4. The molecule has 108 valence electrons. The molecule has 0 aromatic heterocycles. The Labute approximate surface area is 124 Å². The molecule has 0 heterocycles. The molecule has 8 nitrogen and oxygen atoms in total. The van der Waals surface area contributed by atoms with Gasteiger partial charge < -0.3 is 0 Å². The Hall–Kier alpha value is -3.60. The molecule has 0 spiro atoms. The van der Waals surface area contributed by atoms with Gasteiger partial charge in [-0.1, -0.05) is 6.07 Å². The predicted octanol–water partition coefficient (Wildman–Crippen LogP) is 3.15. The maximum atomic E-state index is 10.7. The summed E-state index contributed by atoms with van der Waals surface area (Å²) in [6.45, 7) is 0. The summed E-state index contributed by atoms with van der Waals surface area (Å²) in [5.74, 6) is 0. The summed E-state index contributed by atoms with van der Waals surface area (Å²) in [7, 11) is 0. The third kappa shape index (κ3) is 3.29. The molecule has 0 aliphatic carbocycles. The highest BCUT2D eigenvalue weighted by Gasteiger charge is 2.09. The molecule has 2 aromatic rings. The normalized spacial score (nSPS) is 10.8. The number of nitro groups is 2. The van der Waals surface area contributed by atoms with E-state index >= 15 is 0 Å². The Morgan fingerprint density at radius 3 is 2.18 bits per heavy atom. The molecule has 0 unspecified atom stereocenters. The summed E-state index contributed by atoms with van der Waals surface area (Å²) in [6.07, 6.45) is 0. The standard InChI is InChI=1S/C14H8N4O4/c15-9-14(10-4-6-12(7-5-10)17(19)20)16-11-2-1-3-13(8-11)18(21)22/h1-8H. The van der Waals surface area contributed by atoms with Gasteiger partial charge in [0.2, 0.25) is 0 Å². The smallest absolute Gasteiger partial charge is 0.258 e. The van der Waals surface area contributed by atoms with E-state index in [-0.39, 0.29) is 22.8 Å². The largest absolute Gasteiger partial charge is 0.271 e. The molecule has 22 heavy (non-hydrogen) atoms. The molecule has 0 atom stereocenters. The summed E-state index contributed by atoms with van der Waals surface area (Å²) < 4.78 is 0. The number of nitro benzene ring substituents is 2. The maximum Gasteiger partial charge on any atom is 0.271 e. The van der Waals surface area contributed by atoms with Gasteiger partial charge in [0.05, 0.1) is 15.5 Å². The quantitative estimate of drug-likeness (QED) is 0.487. The number of rotatable bonds is 4. The Bertz CT molecular complexity index is 806. The van der Waals surface area contributed by atoms with Crippen LogP contribution in [0.2, 0.25) is 0 Å². The summed E-state index contributed by atoms with van der Waals surface area (Å²) in [5, 5.41) is 30.4. The highest BCUT2D eigenvalue weighted by Crippen LogP contribution is 2.21. The summed E-state index contributed by atoms with van der Waals surface area (Å²) in [4.78, 5) is 24.2. The first-order valence-electron chi connectivity index (χ1n) is 5.99. The number of non-ortho nitro benzene ring substituents is 2. The SMILES string of the molecule is N#CC(=Nc1cccc([N+](=O)[O-])c1)c1ccc([N+](=O)[O-])cc1. The van der Waals surface area contributed by atoms with Crippen molar-refractivity contribution in [1.82, 2.24) is 0 Å². The lowest BCUT2D eigenvalue weighted by molar-refractivity contribution is -0.385. The monoisotopic (exact) mass is 296 g/mol. The van der Waals surface area contributed by atoms with Crippen LogP contribution in [0, 0.1) is 31.6 Å². The summed E-state index contributed by atoms with van der Waals surface area (Å²) in [6, 6.07) is 12.7. The zero-order valence-corrected chi connectivity index (χ0v) is 11.0. The van der Waals surface area contributed by atoms with Gasteiger partial charge in [0.1, 0.15) is 11.8 Å². The van der Waals surface area contributed by atoms with Gasteiger partial charge in [0.15, 0.2) is 0 Å². The fourth-order valence-electron chi connectivity index (χ4n) is 1.70. The Kier molecular flexibility index (Phi) is 4.19. The number of benzene rings is 2. The highest BCUT2D eigenvalue weighted by atomic mass is 16.6. The summed E-state index contributed by atoms with van der Waals surface area (Å²) in [5.41, 5.74) is 0.415. The average molecular weight is 296 g/mol. The molecule has 0 radical (unpaired) electrons. The molecule has 0 saturated carbocycles. The number of hydrogen-bond acceptors (Lipinski definition) is 6. The van der Waals surface area contributed by atoms with Crippen LogP contribution in [0.5, 0.6) is 0 Å². The number of hydrogen-bond donors (Lipinski definition) is 0. The molecule has 0 fully saturated rings. The molecule has 8 heteroatoms. The van der Waals surface area contributed by atoms with Crippen molar-refractivity contribution < 1.29 is 9.85 Å². The minimum absolute atomic E-state index is 0.00963. The fourth-order valence-corrected chi connectivity index (χ4v) is 1.70. The lowest BCUT2D eigenvalue weighted by Crippen LogP contribution is -1.97. The minimum atomic E-state index is -0.559. The van der Waals surface area contributed by atoms with E-state index in [0.717, 1.165) is 0 Å². The minimum Gasteiger partial charge on any atom is -0.258 e. The van der Waals surface area contributed by atoms with Crippen LogP contribution in [0.25, 0.3) is 0 Å². The van der Waals surface area contributed by atoms with Gasteiger partial charge in [-0.3, -0.25) is 20.2 Å². The van der Waals surface area contributed by atoms with E-state index in [4.69, 9.17) is 5.26 Å². The van der Waals surface area contributed by atoms with E-state index in [1.165, 1.54) is 48.5 Å². The van der Waals surface area contributed by atoms with Crippen LogP contribution < -0.4 is 0 Å². The van der Waals surface area contributed by atoms with Crippen molar-refractivity contribution in [2.75, 3.05) is 0 Å². The lowest BCUT2D eigenvalue weighted by Gasteiger charge is -1.99. The van der Waals surface area contributed by atoms with Gasteiger partial charge >= 0.3 is 0 Å². The second-order valence-electron chi connectivity index (χ2n) is 4.15. The first-order chi connectivity index (χ1) is 10.5. The molecule has 0 amide bonds. The van der Waals surface area contributed by atoms with E-state index in [1.54, 1.807) is 0 Å². The van der Waals surface area contributed by atoms with Crippen molar-refractivity contribution in [3.8, 4) is 6.07 Å². The third-order valence-corrected chi connectivity index (χ3v) is 2.74. The van der Waals surface area contributed by atoms with E-state index in [9.17, 15) is 20.2 Å². The Balaban J connectivity index is 2.39. The van der Waals surface area contributed by atoms with Crippen LogP contribution in [-0.2, 0) is 0 Å². The van der Waals surface area contributed by atoms with Crippen LogP contribution in [0.15, 0.2) is 53.5 Å². The predicted molar refractivity (Wildman–Crippen MR) is 78.0 cm³/mol. The molecular weight excluding hydrogens is 288 g/mol. The summed E-state index contributed by atoms with van der Waals surface area (Å²) >= 11 is 0. The van der Waals surface area contributed by atoms with E-state index in [1.807, 2.05) is 6.07 Å². The van der Waals surface area contributed by atoms with Crippen molar-refractivity contribution in [3.05, 3.63) is 74.3 Å². The maximum absolute atomic E-state index is 10.7. The zero-order valence-electron chi connectivity index (χ0n) is 11.0. The van der Waals surface area contributed by atoms with Gasteiger partial charge in [-0.15, -0.1) is 0 Å². The first kappa shape index (κ1) is 14.8. The van der Waals surface area contributed by atoms with Crippen LogP contribution in [0.4, 0.5) is 17.1 Å². The lowest BCUT2D eigenvalue weighted by atomic mass is 10.1. The van der Waals surface area contributed by atoms with Gasteiger partial charge in [0.25, 0.3) is 11.4 Å². The van der Waals surface area contributed by atoms with Gasteiger partial charge in [0, 0.05) is 29.8 Å². The first-order valence-corrected chi connectivity index (χ1v) is 5.99. The molecule has 0 bridgehead atoms. The molecule has 2 rings (SSSR count). The van der Waals surface area contributed by atoms with E-state index < -0.39 is 9.85 Å². The number of aliphatic imine (C=N–C) groups is 1. The van der Waals surface area contributed by atoms with Crippen molar-refractivity contribution in [2.45, 2.75) is 0 Å². The fraction of sp³-hybridized carbons (Fsp3) is 0. The van der Waals surface area contributed by atoms with Crippen LogP contribution >= 0.6 is 0 Å². The number of nitrogens with zero attached hydrogens (tertiary/aromatic N) is 4. The Morgan fingerprint density at radius 1 is 1.00 bits per heavy atom. The van der Waals surface area contributed by atoms with Crippen molar-refractivity contribution >= 4 is 22.8 Å². The molecule has 0 aliphatic heterocycles. The van der Waals surface area contributed by atoms with E-state index in [2.05, 4.69) is 4.99 Å². The number of nitriles is 1. The third-order valence-electron chi connectivity index (χ3n) is 2.74.